The summed E-state index contributed by atoms with van der Waals surface area (Å²) >= 11 is 0. The van der Waals surface area contributed by atoms with Gasteiger partial charge in [0.05, 0.1) is 0 Å². The standard InChI is InChI=1S/C13H25NO3/c1-11(4-7-15)10-14-13(16)3-2-12-5-8-17-9-6-12/h11-12,15H,2-10H2,1H3,(H,14,16). The van der Waals surface area contributed by atoms with Crippen LogP contribution in [0, 0.1) is 11.8 Å². The third-order valence-electron chi connectivity index (χ3n) is 3.39. The van der Waals surface area contributed by atoms with Gasteiger partial charge in [-0.25, -0.2) is 0 Å². The molecule has 0 aromatic rings. The van der Waals surface area contributed by atoms with Crippen molar-refractivity contribution in [3.05, 3.63) is 0 Å². The van der Waals surface area contributed by atoms with Crippen LogP contribution in [0.25, 0.3) is 0 Å². The zero-order valence-corrected chi connectivity index (χ0v) is 10.8. The van der Waals surface area contributed by atoms with Gasteiger partial charge in [-0.05, 0) is 37.5 Å². The number of aliphatic hydroxyl groups excluding tert-OH is 1. The fourth-order valence-electron chi connectivity index (χ4n) is 2.07. The second kappa shape index (κ2) is 8.48. The van der Waals surface area contributed by atoms with Crippen LogP contribution in [0.2, 0.25) is 0 Å². The maximum Gasteiger partial charge on any atom is 0.220 e. The van der Waals surface area contributed by atoms with Crippen LogP contribution >= 0.6 is 0 Å². The molecule has 0 spiro atoms. The van der Waals surface area contributed by atoms with Gasteiger partial charge in [0.25, 0.3) is 0 Å². The molecule has 1 unspecified atom stereocenters. The number of nitrogens with one attached hydrogen (secondary N) is 1. The highest BCUT2D eigenvalue weighted by Crippen LogP contribution is 2.19. The topological polar surface area (TPSA) is 58.6 Å². The van der Waals surface area contributed by atoms with E-state index in [-0.39, 0.29) is 12.5 Å². The number of rotatable bonds is 7. The monoisotopic (exact) mass is 243 g/mol. The summed E-state index contributed by atoms with van der Waals surface area (Å²) in [7, 11) is 0. The molecule has 1 aliphatic heterocycles. The van der Waals surface area contributed by atoms with E-state index in [9.17, 15) is 4.79 Å². The first kappa shape index (κ1) is 14.5. The Labute approximate surface area is 104 Å². The van der Waals surface area contributed by atoms with Crippen LogP contribution < -0.4 is 5.32 Å². The molecule has 0 aromatic carbocycles. The Morgan fingerprint density at radius 1 is 1.47 bits per heavy atom. The minimum atomic E-state index is 0.140. The summed E-state index contributed by atoms with van der Waals surface area (Å²) in [4.78, 5) is 11.6. The van der Waals surface area contributed by atoms with Crippen LogP contribution in [0.1, 0.15) is 39.0 Å². The second-order valence-electron chi connectivity index (χ2n) is 5.02. The molecule has 0 bridgehead atoms. The average molecular weight is 243 g/mol. The van der Waals surface area contributed by atoms with Gasteiger partial charge in [0, 0.05) is 32.8 Å². The van der Waals surface area contributed by atoms with Gasteiger partial charge in [0.15, 0.2) is 0 Å². The normalized spacial score (nSPS) is 18.9. The molecule has 1 fully saturated rings. The second-order valence-corrected chi connectivity index (χ2v) is 5.02. The van der Waals surface area contributed by atoms with Crippen molar-refractivity contribution in [2.45, 2.75) is 39.0 Å². The van der Waals surface area contributed by atoms with Crippen LogP contribution in [0.15, 0.2) is 0 Å². The summed E-state index contributed by atoms with van der Waals surface area (Å²) in [6.07, 6.45) is 4.53. The highest BCUT2D eigenvalue weighted by Gasteiger charge is 2.15. The number of carbonyl (C=O) groups excluding carboxylic acids is 1. The van der Waals surface area contributed by atoms with E-state index < -0.39 is 0 Å². The number of hydrogen-bond acceptors (Lipinski definition) is 3. The zero-order chi connectivity index (χ0) is 12.5. The number of ether oxygens (including phenoxy) is 1. The minimum Gasteiger partial charge on any atom is -0.396 e. The van der Waals surface area contributed by atoms with Gasteiger partial charge in [-0.3, -0.25) is 4.79 Å². The van der Waals surface area contributed by atoms with E-state index in [0.29, 0.717) is 24.8 Å². The van der Waals surface area contributed by atoms with Gasteiger partial charge in [-0.15, -0.1) is 0 Å². The predicted molar refractivity (Wildman–Crippen MR) is 66.7 cm³/mol. The number of hydrogen-bond donors (Lipinski definition) is 2. The summed E-state index contributed by atoms with van der Waals surface area (Å²) in [5, 5.41) is 11.7. The lowest BCUT2D eigenvalue weighted by atomic mass is 9.95. The van der Waals surface area contributed by atoms with E-state index >= 15 is 0 Å². The Kier molecular flexibility index (Phi) is 7.21. The lowest BCUT2D eigenvalue weighted by molar-refractivity contribution is -0.121. The molecule has 17 heavy (non-hydrogen) atoms. The molecule has 1 heterocycles. The molecular formula is C13H25NO3. The third kappa shape index (κ3) is 6.64. The van der Waals surface area contributed by atoms with Crippen molar-refractivity contribution in [3.63, 3.8) is 0 Å². The maximum atomic E-state index is 11.6. The SMILES string of the molecule is CC(CCO)CNC(=O)CCC1CCOCC1. The Morgan fingerprint density at radius 3 is 2.82 bits per heavy atom. The first-order chi connectivity index (χ1) is 8.22. The van der Waals surface area contributed by atoms with Gasteiger partial charge in [-0.1, -0.05) is 6.92 Å². The number of aliphatic hydroxyl groups is 1. The summed E-state index contributed by atoms with van der Waals surface area (Å²) in [6.45, 7) is 4.60. The summed E-state index contributed by atoms with van der Waals surface area (Å²) < 4.78 is 5.29. The van der Waals surface area contributed by atoms with Gasteiger partial charge < -0.3 is 15.2 Å². The van der Waals surface area contributed by atoms with E-state index in [1.165, 1.54) is 0 Å². The Balaban J connectivity index is 2.04. The van der Waals surface area contributed by atoms with Gasteiger partial charge in [-0.2, -0.15) is 0 Å². The molecular weight excluding hydrogens is 218 g/mol. The predicted octanol–water partition coefficient (Wildman–Crippen LogP) is 1.33. The zero-order valence-electron chi connectivity index (χ0n) is 10.8. The average Bonchev–Trinajstić information content (AvgIpc) is 2.35. The molecule has 2 N–H and O–H groups in total. The highest BCUT2D eigenvalue weighted by molar-refractivity contribution is 5.75. The minimum absolute atomic E-state index is 0.140. The summed E-state index contributed by atoms with van der Waals surface area (Å²) in [6, 6.07) is 0. The van der Waals surface area contributed by atoms with Crippen molar-refractivity contribution in [2.24, 2.45) is 11.8 Å². The molecule has 1 amide bonds. The molecule has 4 heteroatoms. The third-order valence-corrected chi connectivity index (χ3v) is 3.39. The number of amides is 1. The smallest absolute Gasteiger partial charge is 0.220 e. The molecule has 100 valence electrons. The molecule has 4 nitrogen and oxygen atoms in total. The van der Waals surface area contributed by atoms with Crippen LogP contribution in [0.5, 0.6) is 0 Å². The van der Waals surface area contributed by atoms with Gasteiger partial charge in [0.1, 0.15) is 0 Å². The first-order valence-corrected chi connectivity index (χ1v) is 6.67. The molecule has 0 saturated carbocycles. The van der Waals surface area contributed by atoms with Crippen molar-refractivity contribution in [2.75, 3.05) is 26.4 Å². The molecule has 0 radical (unpaired) electrons. The fourth-order valence-corrected chi connectivity index (χ4v) is 2.07. The fraction of sp³-hybridized carbons (Fsp3) is 0.923. The van der Waals surface area contributed by atoms with E-state index in [1.54, 1.807) is 0 Å². The Bertz CT molecular complexity index is 215. The first-order valence-electron chi connectivity index (χ1n) is 6.67. The van der Waals surface area contributed by atoms with E-state index in [1.807, 2.05) is 6.92 Å². The summed E-state index contributed by atoms with van der Waals surface area (Å²) in [5.41, 5.74) is 0. The van der Waals surface area contributed by atoms with E-state index in [2.05, 4.69) is 5.32 Å². The Morgan fingerprint density at radius 2 is 2.18 bits per heavy atom. The van der Waals surface area contributed by atoms with Crippen molar-refractivity contribution < 1.29 is 14.6 Å². The highest BCUT2D eigenvalue weighted by atomic mass is 16.5. The van der Waals surface area contributed by atoms with E-state index in [0.717, 1.165) is 38.9 Å². The molecule has 0 aromatic heterocycles. The van der Waals surface area contributed by atoms with Crippen LogP contribution in [-0.4, -0.2) is 37.4 Å². The van der Waals surface area contributed by atoms with Crippen molar-refractivity contribution in [1.82, 2.24) is 5.32 Å². The molecule has 0 aliphatic carbocycles. The van der Waals surface area contributed by atoms with Gasteiger partial charge in [0.2, 0.25) is 5.91 Å². The van der Waals surface area contributed by atoms with Gasteiger partial charge >= 0.3 is 0 Å². The van der Waals surface area contributed by atoms with Crippen LogP contribution in [-0.2, 0) is 9.53 Å². The Hall–Kier alpha value is -0.610. The lowest BCUT2D eigenvalue weighted by Crippen LogP contribution is -2.29. The number of carbonyl (C=O) groups is 1. The van der Waals surface area contributed by atoms with Crippen molar-refractivity contribution in [3.8, 4) is 0 Å². The van der Waals surface area contributed by atoms with Crippen molar-refractivity contribution in [1.29, 1.82) is 0 Å². The molecule has 1 rings (SSSR count). The van der Waals surface area contributed by atoms with Crippen LogP contribution in [0.3, 0.4) is 0 Å². The maximum absolute atomic E-state index is 11.6. The van der Waals surface area contributed by atoms with Crippen LogP contribution in [0.4, 0.5) is 0 Å². The molecule has 1 saturated heterocycles. The van der Waals surface area contributed by atoms with E-state index in [4.69, 9.17) is 9.84 Å². The molecule has 1 atom stereocenters. The molecule has 1 aliphatic rings. The lowest BCUT2D eigenvalue weighted by Gasteiger charge is -2.21. The summed E-state index contributed by atoms with van der Waals surface area (Å²) in [5.74, 6) is 1.15. The quantitative estimate of drug-likeness (QED) is 0.709. The largest absolute Gasteiger partial charge is 0.396 e. The van der Waals surface area contributed by atoms with Crippen molar-refractivity contribution >= 4 is 5.91 Å².